The fourth-order valence-corrected chi connectivity index (χ4v) is 1.69. The molecule has 0 amide bonds. The molecule has 1 atom stereocenters. The molecule has 0 saturated carbocycles. The smallest absolute Gasteiger partial charge is 0.142 e. The van der Waals surface area contributed by atoms with Gasteiger partial charge in [0.2, 0.25) is 0 Å². The van der Waals surface area contributed by atoms with Crippen LogP contribution in [0.25, 0.3) is 0 Å². The summed E-state index contributed by atoms with van der Waals surface area (Å²) >= 11 is 0. The van der Waals surface area contributed by atoms with Gasteiger partial charge in [-0.05, 0) is 5.56 Å². The molecule has 0 aliphatic carbocycles. The van der Waals surface area contributed by atoms with E-state index in [-0.39, 0.29) is 6.54 Å². The molecule has 2 rings (SSSR count). The van der Waals surface area contributed by atoms with E-state index in [1.54, 1.807) is 0 Å². The van der Waals surface area contributed by atoms with Crippen molar-refractivity contribution in [1.82, 2.24) is 0 Å². The van der Waals surface area contributed by atoms with E-state index in [0.717, 1.165) is 5.56 Å². The summed E-state index contributed by atoms with van der Waals surface area (Å²) in [7, 11) is 0. The Kier molecular flexibility index (Phi) is 3.56. The maximum atomic E-state index is 9.78. The number of ether oxygens (including phenoxy) is 2. The van der Waals surface area contributed by atoms with E-state index in [1.165, 1.54) is 0 Å². The van der Waals surface area contributed by atoms with Crippen LogP contribution in [0.4, 0.5) is 0 Å². The van der Waals surface area contributed by atoms with Crippen LogP contribution in [0.1, 0.15) is 5.56 Å². The molecule has 4 heteroatoms. The van der Waals surface area contributed by atoms with Gasteiger partial charge in [-0.3, -0.25) is 0 Å². The normalized spacial score (nSPS) is 20.1. The highest BCUT2D eigenvalue weighted by Gasteiger charge is 2.45. The Balaban J connectivity index is 1.93. The molecule has 0 spiro atoms. The lowest BCUT2D eigenvalue weighted by Crippen LogP contribution is -2.62. The van der Waals surface area contributed by atoms with E-state index in [2.05, 4.69) is 0 Å². The summed E-state index contributed by atoms with van der Waals surface area (Å²) in [5.41, 5.74) is 5.93. The number of nitrogens with two attached hydrogens (primary N) is 1. The van der Waals surface area contributed by atoms with Crippen molar-refractivity contribution in [2.75, 3.05) is 19.8 Å². The fraction of sp³-hybridized carbons (Fsp3) is 0.500. The van der Waals surface area contributed by atoms with Crippen LogP contribution in [0.5, 0.6) is 0 Å². The third-order valence-electron chi connectivity index (χ3n) is 2.89. The van der Waals surface area contributed by atoms with Crippen LogP contribution in [-0.2, 0) is 16.1 Å². The number of hydrogen-bond donors (Lipinski definition) is 2. The van der Waals surface area contributed by atoms with Crippen LogP contribution < -0.4 is 5.73 Å². The van der Waals surface area contributed by atoms with Crippen molar-refractivity contribution in [1.29, 1.82) is 0 Å². The highest BCUT2D eigenvalue weighted by molar-refractivity contribution is 5.13. The van der Waals surface area contributed by atoms with Crippen molar-refractivity contribution in [2.45, 2.75) is 18.3 Å². The molecule has 0 aromatic heterocycles. The van der Waals surface area contributed by atoms with Gasteiger partial charge in [0.15, 0.2) is 0 Å². The van der Waals surface area contributed by atoms with E-state index >= 15 is 0 Å². The highest BCUT2D eigenvalue weighted by Crippen LogP contribution is 2.27. The van der Waals surface area contributed by atoms with Crippen molar-refractivity contribution in [3.05, 3.63) is 35.9 Å². The van der Waals surface area contributed by atoms with Gasteiger partial charge in [0.05, 0.1) is 25.9 Å². The fourth-order valence-electron chi connectivity index (χ4n) is 1.69. The quantitative estimate of drug-likeness (QED) is 0.753. The molecule has 0 radical (unpaired) electrons. The van der Waals surface area contributed by atoms with Gasteiger partial charge in [0, 0.05) is 6.54 Å². The summed E-state index contributed by atoms with van der Waals surface area (Å²) in [5, 5.41) is 9.78. The molecule has 1 unspecified atom stereocenters. The summed E-state index contributed by atoms with van der Waals surface area (Å²) in [6.45, 7) is 1.50. The Hall–Kier alpha value is -0.940. The van der Waals surface area contributed by atoms with Crippen LogP contribution >= 0.6 is 0 Å². The third-order valence-corrected chi connectivity index (χ3v) is 2.89. The van der Waals surface area contributed by atoms with E-state index in [0.29, 0.717) is 19.8 Å². The molecular formula is C12H17NO3. The van der Waals surface area contributed by atoms with Gasteiger partial charge in [-0.1, -0.05) is 30.3 Å². The first-order valence-corrected chi connectivity index (χ1v) is 5.40. The average molecular weight is 223 g/mol. The number of hydrogen-bond acceptors (Lipinski definition) is 4. The van der Waals surface area contributed by atoms with Crippen molar-refractivity contribution in [3.63, 3.8) is 0 Å². The van der Waals surface area contributed by atoms with Gasteiger partial charge in [0.25, 0.3) is 0 Å². The molecule has 1 aliphatic heterocycles. The van der Waals surface area contributed by atoms with Crippen molar-refractivity contribution < 1.29 is 14.6 Å². The zero-order valence-electron chi connectivity index (χ0n) is 9.13. The zero-order chi connectivity index (χ0) is 11.4. The van der Waals surface area contributed by atoms with E-state index in [4.69, 9.17) is 15.2 Å². The van der Waals surface area contributed by atoms with Gasteiger partial charge in [-0.25, -0.2) is 0 Å². The molecule has 88 valence electrons. The number of aliphatic hydroxyl groups is 1. The third kappa shape index (κ3) is 2.25. The molecule has 0 bridgehead atoms. The lowest BCUT2D eigenvalue weighted by Gasteiger charge is -2.44. The summed E-state index contributed by atoms with van der Waals surface area (Å²) in [5.74, 6) is 0. The van der Waals surface area contributed by atoms with Gasteiger partial charge >= 0.3 is 0 Å². The zero-order valence-corrected chi connectivity index (χ0v) is 9.13. The lowest BCUT2D eigenvalue weighted by atomic mass is 9.94. The molecule has 1 aromatic carbocycles. The Morgan fingerprint density at radius 2 is 2.06 bits per heavy atom. The first kappa shape index (κ1) is 11.5. The maximum Gasteiger partial charge on any atom is 0.142 e. The Morgan fingerprint density at radius 1 is 1.38 bits per heavy atom. The lowest BCUT2D eigenvalue weighted by molar-refractivity contribution is -0.255. The summed E-state index contributed by atoms with van der Waals surface area (Å²) in [6, 6.07) is 9.86. The molecular weight excluding hydrogens is 206 g/mol. The Bertz CT molecular complexity index is 324. The SMILES string of the molecule is NCC(O)C1(OCc2ccccc2)COC1. The first-order chi connectivity index (χ1) is 7.77. The molecule has 1 fully saturated rings. The van der Waals surface area contributed by atoms with Crippen LogP contribution in [-0.4, -0.2) is 36.6 Å². The highest BCUT2D eigenvalue weighted by atomic mass is 16.6. The minimum atomic E-state index is -0.662. The topological polar surface area (TPSA) is 64.7 Å². The summed E-state index contributed by atoms with van der Waals surface area (Å²) < 4.78 is 10.9. The van der Waals surface area contributed by atoms with Gasteiger partial charge in [-0.2, -0.15) is 0 Å². The van der Waals surface area contributed by atoms with Gasteiger partial charge < -0.3 is 20.3 Å². The van der Waals surface area contributed by atoms with Crippen LogP contribution in [0.15, 0.2) is 30.3 Å². The van der Waals surface area contributed by atoms with Crippen molar-refractivity contribution in [3.8, 4) is 0 Å². The maximum absolute atomic E-state index is 9.78. The average Bonchev–Trinajstić information content (AvgIpc) is 2.28. The number of benzene rings is 1. The second kappa shape index (κ2) is 4.93. The number of rotatable bonds is 5. The minimum Gasteiger partial charge on any atom is -0.389 e. The molecule has 3 N–H and O–H groups in total. The minimum absolute atomic E-state index is 0.193. The Morgan fingerprint density at radius 3 is 2.56 bits per heavy atom. The second-order valence-corrected chi connectivity index (χ2v) is 4.08. The molecule has 1 aliphatic rings. The Labute approximate surface area is 95.0 Å². The molecule has 1 aromatic rings. The largest absolute Gasteiger partial charge is 0.389 e. The standard InChI is InChI=1S/C12H17NO3/c13-6-11(14)12(8-15-9-12)16-7-10-4-2-1-3-5-10/h1-5,11,14H,6-9,13H2. The second-order valence-electron chi connectivity index (χ2n) is 4.08. The van der Waals surface area contributed by atoms with E-state index < -0.39 is 11.7 Å². The van der Waals surface area contributed by atoms with Crippen LogP contribution in [0.3, 0.4) is 0 Å². The van der Waals surface area contributed by atoms with Gasteiger partial charge in [-0.15, -0.1) is 0 Å². The van der Waals surface area contributed by atoms with Crippen LogP contribution in [0.2, 0.25) is 0 Å². The van der Waals surface area contributed by atoms with E-state index in [9.17, 15) is 5.11 Å². The van der Waals surface area contributed by atoms with Crippen LogP contribution in [0, 0.1) is 0 Å². The monoisotopic (exact) mass is 223 g/mol. The molecule has 1 saturated heterocycles. The predicted molar refractivity (Wildman–Crippen MR) is 59.8 cm³/mol. The van der Waals surface area contributed by atoms with Crippen molar-refractivity contribution in [2.24, 2.45) is 5.73 Å². The molecule has 1 heterocycles. The molecule has 16 heavy (non-hydrogen) atoms. The predicted octanol–water partition coefficient (Wildman–Crippen LogP) is 0.292. The number of aliphatic hydroxyl groups excluding tert-OH is 1. The first-order valence-electron chi connectivity index (χ1n) is 5.40. The summed E-state index contributed by atoms with van der Waals surface area (Å²) in [6.07, 6.45) is -0.662. The van der Waals surface area contributed by atoms with Crippen molar-refractivity contribution >= 4 is 0 Å². The van der Waals surface area contributed by atoms with Gasteiger partial charge in [0.1, 0.15) is 5.60 Å². The molecule has 4 nitrogen and oxygen atoms in total. The summed E-state index contributed by atoms with van der Waals surface area (Å²) in [4.78, 5) is 0. The van der Waals surface area contributed by atoms with E-state index in [1.807, 2.05) is 30.3 Å².